The zero-order chi connectivity index (χ0) is 13.8. The summed E-state index contributed by atoms with van der Waals surface area (Å²) >= 11 is 1.45. The molecule has 1 aromatic heterocycles. The molecule has 1 heterocycles. The predicted molar refractivity (Wildman–Crippen MR) is 74.1 cm³/mol. The van der Waals surface area contributed by atoms with Crippen LogP contribution in [0.1, 0.15) is 15.3 Å². The van der Waals surface area contributed by atoms with Gasteiger partial charge in [-0.15, -0.1) is 11.3 Å². The number of nitrogens with one attached hydrogen (secondary N) is 1. The van der Waals surface area contributed by atoms with E-state index in [4.69, 9.17) is 5.11 Å². The molecule has 0 aliphatic carbocycles. The Balaban J connectivity index is 2.00. The Labute approximate surface area is 114 Å². The molecule has 19 heavy (non-hydrogen) atoms. The maximum Gasteiger partial charge on any atom is 0.308 e. The van der Waals surface area contributed by atoms with Gasteiger partial charge in [0.15, 0.2) is 0 Å². The van der Waals surface area contributed by atoms with E-state index in [9.17, 15) is 9.18 Å². The number of hydrogen-bond acceptors (Lipinski definition) is 3. The van der Waals surface area contributed by atoms with Crippen molar-refractivity contribution < 1.29 is 14.3 Å². The second-order valence-corrected chi connectivity index (χ2v) is 5.50. The van der Waals surface area contributed by atoms with E-state index in [1.165, 1.54) is 23.5 Å². The van der Waals surface area contributed by atoms with Crippen molar-refractivity contribution in [1.82, 2.24) is 0 Å². The number of benzene rings is 1. The van der Waals surface area contributed by atoms with Gasteiger partial charge in [-0.25, -0.2) is 4.39 Å². The molecule has 3 nitrogen and oxygen atoms in total. The van der Waals surface area contributed by atoms with Crippen molar-refractivity contribution in [3.63, 3.8) is 0 Å². The maximum atomic E-state index is 13.1. The average Bonchev–Trinajstić information content (AvgIpc) is 2.77. The Hall–Kier alpha value is -1.88. The van der Waals surface area contributed by atoms with Crippen LogP contribution in [0.3, 0.4) is 0 Å². The standard InChI is InChI=1S/C14H14FNO2S/c1-9-2-3-10(15)6-13(9)16-8-12-5-4-11(19-12)7-14(17)18/h2-6,16H,7-8H2,1H3,(H,17,18). The van der Waals surface area contributed by atoms with Crippen LogP contribution in [0.25, 0.3) is 0 Å². The zero-order valence-corrected chi connectivity index (χ0v) is 11.3. The molecule has 0 radical (unpaired) electrons. The minimum atomic E-state index is -0.831. The summed E-state index contributed by atoms with van der Waals surface area (Å²) in [6, 6.07) is 8.32. The van der Waals surface area contributed by atoms with Gasteiger partial charge in [-0.3, -0.25) is 4.79 Å². The SMILES string of the molecule is Cc1ccc(F)cc1NCc1ccc(CC(=O)O)s1. The number of rotatable bonds is 5. The smallest absolute Gasteiger partial charge is 0.308 e. The topological polar surface area (TPSA) is 49.3 Å². The fourth-order valence-electron chi connectivity index (χ4n) is 1.73. The molecular formula is C14H14FNO2S. The highest BCUT2D eigenvalue weighted by molar-refractivity contribution is 7.12. The third-order valence-corrected chi connectivity index (χ3v) is 3.78. The van der Waals surface area contributed by atoms with Crippen LogP contribution in [-0.4, -0.2) is 11.1 Å². The van der Waals surface area contributed by atoms with Gasteiger partial charge in [-0.2, -0.15) is 0 Å². The molecule has 2 rings (SSSR count). The lowest BCUT2D eigenvalue weighted by atomic mass is 10.2. The molecule has 0 spiro atoms. The summed E-state index contributed by atoms with van der Waals surface area (Å²) in [7, 11) is 0. The maximum absolute atomic E-state index is 13.1. The van der Waals surface area contributed by atoms with Gasteiger partial charge in [0.25, 0.3) is 0 Å². The number of carboxylic acid groups (broad SMARTS) is 1. The molecule has 1 aromatic carbocycles. The van der Waals surface area contributed by atoms with E-state index in [1.54, 1.807) is 6.07 Å². The third-order valence-electron chi connectivity index (χ3n) is 2.70. The summed E-state index contributed by atoms with van der Waals surface area (Å²) in [5.74, 6) is -1.10. The van der Waals surface area contributed by atoms with Gasteiger partial charge >= 0.3 is 5.97 Å². The second kappa shape index (κ2) is 5.84. The van der Waals surface area contributed by atoms with Crippen molar-refractivity contribution in [2.75, 3.05) is 5.32 Å². The number of hydrogen-bond donors (Lipinski definition) is 2. The van der Waals surface area contributed by atoms with Crippen LogP contribution in [0, 0.1) is 12.7 Å². The van der Waals surface area contributed by atoms with Crippen LogP contribution in [0.5, 0.6) is 0 Å². The van der Waals surface area contributed by atoms with Crippen molar-refractivity contribution >= 4 is 23.0 Å². The number of carbonyl (C=O) groups is 1. The van der Waals surface area contributed by atoms with Gasteiger partial charge < -0.3 is 10.4 Å². The monoisotopic (exact) mass is 279 g/mol. The molecule has 2 N–H and O–H groups in total. The van der Waals surface area contributed by atoms with Crippen molar-refractivity contribution in [1.29, 1.82) is 0 Å². The van der Waals surface area contributed by atoms with Crippen molar-refractivity contribution in [2.45, 2.75) is 19.9 Å². The van der Waals surface area contributed by atoms with E-state index in [1.807, 2.05) is 19.1 Å². The highest BCUT2D eigenvalue weighted by Crippen LogP contribution is 2.21. The molecule has 100 valence electrons. The summed E-state index contributed by atoms with van der Waals surface area (Å²) in [6.45, 7) is 2.47. The Kier molecular flexibility index (Phi) is 4.16. The lowest BCUT2D eigenvalue weighted by Crippen LogP contribution is -2.00. The first-order valence-electron chi connectivity index (χ1n) is 5.84. The van der Waals surface area contributed by atoms with Gasteiger partial charge in [0, 0.05) is 22.0 Å². The Bertz CT molecular complexity index is 595. The molecule has 0 amide bonds. The Morgan fingerprint density at radius 3 is 2.79 bits per heavy atom. The number of anilines is 1. The lowest BCUT2D eigenvalue weighted by Gasteiger charge is -2.08. The van der Waals surface area contributed by atoms with Gasteiger partial charge in [-0.1, -0.05) is 6.07 Å². The van der Waals surface area contributed by atoms with E-state index in [0.29, 0.717) is 6.54 Å². The van der Waals surface area contributed by atoms with Crippen LogP contribution >= 0.6 is 11.3 Å². The molecule has 0 aliphatic rings. The van der Waals surface area contributed by atoms with Crippen LogP contribution in [-0.2, 0) is 17.8 Å². The van der Waals surface area contributed by atoms with Crippen molar-refractivity contribution in [2.24, 2.45) is 0 Å². The minimum absolute atomic E-state index is 0.0453. The quantitative estimate of drug-likeness (QED) is 0.881. The normalized spacial score (nSPS) is 10.4. The lowest BCUT2D eigenvalue weighted by molar-refractivity contribution is -0.136. The minimum Gasteiger partial charge on any atom is -0.481 e. The van der Waals surface area contributed by atoms with E-state index in [2.05, 4.69) is 5.32 Å². The summed E-state index contributed by atoms with van der Waals surface area (Å²) < 4.78 is 13.1. The van der Waals surface area contributed by atoms with Gasteiger partial charge in [0.1, 0.15) is 5.82 Å². The molecular weight excluding hydrogens is 265 g/mol. The van der Waals surface area contributed by atoms with Crippen molar-refractivity contribution in [3.05, 3.63) is 51.5 Å². The van der Waals surface area contributed by atoms with Crippen molar-refractivity contribution in [3.8, 4) is 0 Å². The zero-order valence-electron chi connectivity index (χ0n) is 10.4. The molecule has 0 fully saturated rings. The number of halogens is 1. The molecule has 0 atom stereocenters. The molecule has 0 bridgehead atoms. The molecule has 0 saturated carbocycles. The highest BCUT2D eigenvalue weighted by Gasteiger charge is 2.05. The summed E-state index contributed by atoms with van der Waals surface area (Å²) in [5.41, 5.74) is 1.73. The average molecular weight is 279 g/mol. The van der Waals surface area contributed by atoms with Gasteiger partial charge in [0.05, 0.1) is 6.42 Å². The van der Waals surface area contributed by atoms with Crippen LogP contribution in [0.2, 0.25) is 0 Å². The second-order valence-electron chi connectivity index (χ2n) is 4.25. The fraction of sp³-hybridized carbons (Fsp3) is 0.214. The first kappa shape index (κ1) is 13.5. The highest BCUT2D eigenvalue weighted by atomic mass is 32.1. The van der Waals surface area contributed by atoms with Crippen LogP contribution < -0.4 is 5.32 Å². The molecule has 2 aromatic rings. The summed E-state index contributed by atoms with van der Waals surface area (Å²) in [6.07, 6.45) is 0.0453. The summed E-state index contributed by atoms with van der Waals surface area (Å²) in [5, 5.41) is 11.9. The number of carboxylic acids is 1. The van der Waals surface area contributed by atoms with E-state index >= 15 is 0 Å². The molecule has 5 heteroatoms. The molecule has 0 saturated heterocycles. The van der Waals surface area contributed by atoms with Gasteiger partial charge in [-0.05, 0) is 36.8 Å². The molecule has 0 unspecified atom stereocenters. The number of aryl methyl sites for hydroxylation is 1. The van der Waals surface area contributed by atoms with Crippen LogP contribution in [0.15, 0.2) is 30.3 Å². The van der Waals surface area contributed by atoms with E-state index in [0.717, 1.165) is 21.0 Å². The van der Waals surface area contributed by atoms with E-state index < -0.39 is 5.97 Å². The van der Waals surface area contributed by atoms with E-state index in [-0.39, 0.29) is 12.2 Å². The first-order valence-corrected chi connectivity index (χ1v) is 6.65. The fourth-order valence-corrected chi connectivity index (χ4v) is 2.68. The third kappa shape index (κ3) is 3.79. The number of aliphatic carboxylic acids is 1. The molecule has 0 aliphatic heterocycles. The van der Waals surface area contributed by atoms with Gasteiger partial charge in [0.2, 0.25) is 0 Å². The largest absolute Gasteiger partial charge is 0.481 e. The summed E-state index contributed by atoms with van der Waals surface area (Å²) in [4.78, 5) is 12.4. The first-order chi connectivity index (χ1) is 9.04. The Morgan fingerprint density at radius 2 is 2.05 bits per heavy atom. The number of thiophene rings is 1. The Morgan fingerprint density at radius 1 is 1.32 bits per heavy atom. The van der Waals surface area contributed by atoms with Crippen LogP contribution in [0.4, 0.5) is 10.1 Å². The predicted octanol–water partition coefficient (Wildman–Crippen LogP) is 3.43.